The van der Waals surface area contributed by atoms with Crippen LogP contribution in [0.1, 0.15) is 40.3 Å². The van der Waals surface area contributed by atoms with Gasteiger partial charge >= 0.3 is 0 Å². The second-order valence-electron chi connectivity index (χ2n) is 6.28. The van der Waals surface area contributed by atoms with E-state index in [1.807, 2.05) is 18.2 Å². The average molecular weight is 376 g/mol. The second kappa shape index (κ2) is 7.75. The molecule has 0 radical (unpaired) electrons. The molecule has 6 N–H and O–H groups in total. The monoisotopic (exact) mass is 376 g/mol. The molecule has 0 bridgehead atoms. The van der Waals surface area contributed by atoms with Gasteiger partial charge in [-0.1, -0.05) is 6.07 Å². The number of Topliss-reactive ketones (excluding diaryl/α,β-unsaturated/α-hetero) is 1. The molecular weight excluding hydrogens is 356 g/mol. The van der Waals surface area contributed by atoms with E-state index in [9.17, 15) is 9.59 Å². The third-order valence-electron chi connectivity index (χ3n) is 4.15. The molecule has 1 heterocycles. The first kappa shape index (κ1) is 18.8. The smallest absolute Gasteiger partial charge is 0.272 e. The summed E-state index contributed by atoms with van der Waals surface area (Å²) in [6.07, 6.45) is 0. The summed E-state index contributed by atoms with van der Waals surface area (Å²) in [6.45, 7) is 3.29. The van der Waals surface area contributed by atoms with Crippen LogP contribution < -0.4 is 16.8 Å². The molecule has 28 heavy (non-hydrogen) atoms. The predicted molar refractivity (Wildman–Crippen MR) is 111 cm³/mol. The number of anilines is 1. The summed E-state index contributed by atoms with van der Waals surface area (Å²) in [5.41, 5.74) is 14.5. The summed E-state index contributed by atoms with van der Waals surface area (Å²) in [6, 6.07) is 14.1. The van der Waals surface area contributed by atoms with Crippen molar-refractivity contribution < 1.29 is 9.59 Å². The first-order chi connectivity index (χ1) is 13.3. The minimum absolute atomic E-state index is 0.0250. The number of benzene rings is 2. The lowest BCUT2D eigenvalue weighted by molar-refractivity contribution is 0.101. The van der Waals surface area contributed by atoms with Crippen LogP contribution in [0.4, 0.5) is 5.69 Å². The summed E-state index contributed by atoms with van der Waals surface area (Å²) >= 11 is 0. The maximum atomic E-state index is 12.5. The molecule has 0 spiro atoms. The molecule has 1 aromatic heterocycles. The van der Waals surface area contributed by atoms with Gasteiger partial charge in [-0.15, -0.1) is 5.10 Å². The van der Waals surface area contributed by atoms with Crippen LogP contribution in [0, 0.1) is 0 Å². The minimum atomic E-state index is -0.279. The first-order valence-corrected chi connectivity index (χ1v) is 8.52. The van der Waals surface area contributed by atoms with Crippen molar-refractivity contribution in [1.29, 1.82) is 0 Å². The standard InChI is InChI=1S/C20H20N6O2/c1-11(25-26-20(21)22)14-5-8-17-15(9-14)10-18(24-17)19(28)23-16-6-3-13(4-7-16)12(2)27/h3-10,24H,1-2H3,(H,23,28)(H4,21,22,26). The lowest BCUT2D eigenvalue weighted by atomic mass is 10.1. The molecule has 0 saturated heterocycles. The number of aromatic amines is 1. The Morgan fingerprint density at radius 1 is 0.929 bits per heavy atom. The van der Waals surface area contributed by atoms with Gasteiger partial charge in [0.1, 0.15) is 5.69 Å². The van der Waals surface area contributed by atoms with Gasteiger partial charge in [0, 0.05) is 22.2 Å². The van der Waals surface area contributed by atoms with Crippen molar-refractivity contribution in [1.82, 2.24) is 4.98 Å². The number of hydrogen-bond donors (Lipinski definition) is 4. The van der Waals surface area contributed by atoms with Crippen LogP contribution in [-0.2, 0) is 0 Å². The number of H-pyrrole nitrogens is 1. The summed E-state index contributed by atoms with van der Waals surface area (Å²) in [4.78, 5) is 26.9. The number of rotatable bonds is 5. The molecule has 0 aliphatic carbocycles. The highest BCUT2D eigenvalue weighted by Crippen LogP contribution is 2.19. The largest absolute Gasteiger partial charge is 0.369 e. The topological polar surface area (TPSA) is 139 Å². The van der Waals surface area contributed by atoms with Crippen molar-refractivity contribution in [3.05, 3.63) is 65.4 Å². The number of aromatic nitrogens is 1. The van der Waals surface area contributed by atoms with Crippen LogP contribution in [0.2, 0.25) is 0 Å². The lowest BCUT2D eigenvalue weighted by Crippen LogP contribution is -2.22. The molecular formula is C20H20N6O2. The number of amides is 1. The molecule has 8 nitrogen and oxygen atoms in total. The van der Waals surface area contributed by atoms with Gasteiger partial charge < -0.3 is 21.8 Å². The van der Waals surface area contributed by atoms with Crippen LogP contribution in [0.25, 0.3) is 10.9 Å². The van der Waals surface area contributed by atoms with Crippen LogP contribution in [0.15, 0.2) is 58.7 Å². The maximum absolute atomic E-state index is 12.5. The maximum Gasteiger partial charge on any atom is 0.272 e. The van der Waals surface area contributed by atoms with Gasteiger partial charge in [-0.3, -0.25) is 9.59 Å². The Hall–Kier alpha value is -3.94. The quantitative estimate of drug-likeness (QED) is 0.235. The van der Waals surface area contributed by atoms with E-state index in [2.05, 4.69) is 20.5 Å². The third kappa shape index (κ3) is 4.24. The Kier molecular flexibility index (Phi) is 5.21. The summed E-state index contributed by atoms with van der Waals surface area (Å²) in [5.74, 6) is -0.417. The minimum Gasteiger partial charge on any atom is -0.369 e. The van der Waals surface area contributed by atoms with Gasteiger partial charge in [0.25, 0.3) is 5.91 Å². The van der Waals surface area contributed by atoms with Crippen molar-refractivity contribution in [2.45, 2.75) is 13.8 Å². The molecule has 0 saturated carbocycles. The van der Waals surface area contributed by atoms with Crippen LogP contribution in [-0.4, -0.2) is 28.3 Å². The fraction of sp³-hybridized carbons (Fsp3) is 0.100. The SMILES string of the molecule is CC(=O)c1ccc(NC(=O)c2cc3cc(C(C)=NN=C(N)N)ccc3[nH]2)cc1. The number of hydrogen-bond acceptors (Lipinski definition) is 4. The molecule has 3 aromatic rings. The van der Waals surface area contributed by atoms with E-state index >= 15 is 0 Å². The summed E-state index contributed by atoms with van der Waals surface area (Å²) in [5, 5.41) is 11.3. The molecule has 142 valence electrons. The van der Waals surface area contributed by atoms with Crippen molar-refractivity contribution in [2.75, 3.05) is 5.32 Å². The number of nitrogens with two attached hydrogens (primary N) is 2. The summed E-state index contributed by atoms with van der Waals surface area (Å²) < 4.78 is 0. The van der Waals surface area contributed by atoms with Gasteiger partial charge in [-0.25, -0.2) is 0 Å². The van der Waals surface area contributed by atoms with Gasteiger partial charge in [0.15, 0.2) is 5.78 Å². The number of guanidine groups is 1. The zero-order valence-corrected chi connectivity index (χ0v) is 15.5. The second-order valence-corrected chi connectivity index (χ2v) is 6.28. The first-order valence-electron chi connectivity index (χ1n) is 8.52. The van der Waals surface area contributed by atoms with Crippen molar-refractivity contribution in [3.8, 4) is 0 Å². The molecule has 0 unspecified atom stereocenters. The molecule has 0 aliphatic heterocycles. The van der Waals surface area contributed by atoms with Gasteiger partial charge in [0.2, 0.25) is 5.96 Å². The number of fused-ring (bicyclic) bond motifs is 1. The highest BCUT2D eigenvalue weighted by atomic mass is 16.2. The lowest BCUT2D eigenvalue weighted by Gasteiger charge is -2.04. The molecule has 2 aromatic carbocycles. The Morgan fingerprint density at radius 2 is 1.61 bits per heavy atom. The molecule has 0 atom stereocenters. The Balaban J connectivity index is 1.81. The molecule has 3 rings (SSSR count). The normalized spacial score (nSPS) is 11.3. The number of carbonyl (C=O) groups is 2. The highest BCUT2D eigenvalue weighted by Gasteiger charge is 2.11. The third-order valence-corrected chi connectivity index (χ3v) is 4.15. The van der Waals surface area contributed by atoms with E-state index in [0.717, 1.165) is 16.5 Å². The van der Waals surface area contributed by atoms with Crippen LogP contribution >= 0.6 is 0 Å². The van der Waals surface area contributed by atoms with E-state index < -0.39 is 0 Å². The van der Waals surface area contributed by atoms with E-state index in [-0.39, 0.29) is 17.6 Å². The number of ketones is 1. The number of nitrogens with zero attached hydrogens (tertiary/aromatic N) is 2. The number of nitrogens with one attached hydrogen (secondary N) is 2. The van der Waals surface area contributed by atoms with Crippen LogP contribution in [0.5, 0.6) is 0 Å². The average Bonchev–Trinajstić information content (AvgIpc) is 3.10. The molecule has 1 amide bonds. The van der Waals surface area contributed by atoms with Crippen molar-refractivity contribution in [3.63, 3.8) is 0 Å². The van der Waals surface area contributed by atoms with E-state index in [0.29, 0.717) is 22.7 Å². The van der Waals surface area contributed by atoms with E-state index in [1.165, 1.54) is 6.92 Å². The summed E-state index contributed by atoms with van der Waals surface area (Å²) in [7, 11) is 0. The zero-order chi connectivity index (χ0) is 20.3. The Bertz CT molecular complexity index is 1110. The van der Waals surface area contributed by atoms with Crippen molar-refractivity contribution in [2.24, 2.45) is 21.7 Å². The molecule has 8 heteroatoms. The molecule has 0 aliphatic rings. The van der Waals surface area contributed by atoms with E-state index in [1.54, 1.807) is 37.3 Å². The Labute approximate surface area is 161 Å². The van der Waals surface area contributed by atoms with Crippen LogP contribution in [0.3, 0.4) is 0 Å². The zero-order valence-electron chi connectivity index (χ0n) is 15.5. The molecule has 0 fully saturated rings. The highest BCUT2D eigenvalue weighted by molar-refractivity contribution is 6.07. The van der Waals surface area contributed by atoms with Crippen molar-refractivity contribution >= 4 is 40.0 Å². The fourth-order valence-corrected chi connectivity index (χ4v) is 2.66. The number of carbonyl (C=O) groups excluding carboxylic acids is 2. The van der Waals surface area contributed by atoms with Gasteiger partial charge in [0.05, 0.1) is 5.71 Å². The van der Waals surface area contributed by atoms with Gasteiger partial charge in [-0.05, 0) is 61.9 Å². The van der Waals surface area contributed by atoms with E-state index in [4.69, 9.17) is 11.5 Å². The van der Waals surface area contributed by atoms with Gasteiger partial charge in [-0.2, -0.15) is 5.10 Å². The fourth-order valence-electron chi connectivity index (χ4n) is 2.66. The predicted octanol–water partition coefficient (Wildman–Crippen LogP) is 2.62. The Morgan fingerprint density at radius 3 is 2.25 bits per heavy atom.